The molecule has 0 aliphatic heterocycles. The van der Waals surface area contributed by atoms with Crippen molar-refractivity contribution in [1.82, 2.24) is 15.3 Å². The van der Waals surface area contributed by atoms with Gasteiger partial charge in [-0.15, -0.1) is 0 Å². The summed E-state index contributed by atoms with van der Waals surface area (Å²) in [6.45, 7) is 1.96. The fraction of sp³-hybridized carbons (Fsp3) is 0.222. The number of aromatic nitrogens is 2. The average molecular weight is 277 g/mol. The van der Waals surface area contributed by atoms with E-state index in [1.165, 1.54) is 16.5 Å². The molecule has 0 bridgehead atoms. The number of para-hydroxylation sites is 1. The minimum absolute atomic E-state index is 0.973. The fourth-order valence-electron chi connectivity index (χ4n) is 2.50. The normalized spacial score (nSPS) is 10.9. The molecule has 0 radical (unpaired) electrons. The van der Waals surface area contributed by atoms with E-state index in [-0.39, 0.29) is 0 Å². The predicted molar refractivity (Wildman–Crippen MR) is 86.3 cm³/mol. The molecule has 2 aromatic heterocycles. The first-order valence-corrected chi connectivity index (χ1v) is 7.36. The quantitative estimate of drug-likeness (QED) is 0.704. The van der Waals surface area contributed by atoms with Crippen LogP contribution < -0.4 is 5.32 Å². The van der Waals surface area contributed by atoms with Gasteiger partial charge in [0.1, 0.15) is 0 Å². The van der Waals surface area contributed by atoms with E-state index < -0.39 is 0 Å². The molecule has 0 saturated carbocycles. The van der Waals surface area contributed by atoms with E-state index in [1.807, 2.05) is 24.7 Å². The van der Waals surface area contributed by atoms with E-state index >= 15 is 0 Å². The van der Waals surface area contributed by atoms with Gasteiger partial charge in [-0.05, 0) is 55.3 Å². The van der Waals surface area contributed by atoms with Crippen LogP contribution in [0.5, 0.6) is 0 Å². The van der Waals surface area contributed by atoms with Crippen molar-refractivity contribution in [3.8, 4) is 0 Å². The van der Waals surface area contributed by atoms with E-state index in [0.717, 1.165) is 31.4 Å². The Hall–Kier alpha value is -2.26. The van der Waals surface area contributed by atoms with Crippen LogP contribution in [0, 0.1) is 0 Å². The van der Waals surface area contributed by atoms with Gasteiger partial charge in [0, 0.05) is 24.0 Å². The molecule has 0 aliphatic carbocycles. The summed E-state index contributed by atoms with van der Waals surface area (Å²) in [6.07, 6.45) is 7.60. The summed E-state index contributed by atoms with van der Waals surface area (Å²) < 4.78 is 0. The Labute approximate surface area is 125 Å². The Kier molecular flexibility index (Phi) is 4.54. The van der Waals surface area contributed by atoms with Crippen LogP contribution in [0.1, 0.15) is 11.1 Å². The Morgan fingerprint density at radius 1 is 0.810 bits per heavy atom. The maximum absolute atomic E-state index is 4.49. The number of hydrogen-bond acceptors (Lipinski definition) is 3. The third-order valence-electron chi connectivity index (χ3n) is 3.63. The predicted octanol–water partition coefficient (Wildman–Crippen LogP) is 3.00. The summed E-state index contributed by atoms with van der Waals surface area (Å²) in [4.78, 5) is 8.52. The minimum atomic E-state index is 0.973. The molecular weight excluding hydrogens is 258 g/mol. The number of nitrogens with zero attached hydrogens (tertiary/aromatic N) is 2. The first kappa shape index (κ1) is 13.7. The number of nitrogens with one attached hydrogen (secondary N) is 1. The molecular formula is C18H19N3. The van der Waals surface area contributed by atoms with Gasteiger partial charge in [-0.3, -0.25) is 9.97 Å². The zero-order valence-electron chi connectivity index (χ0n) is 12.0. The van der Waals surface area contributed by atoms with Gasteiger partial charge in [-0.1, -0.05) is 24.3 Å². The summed E-state index contributed by atoms with van der Waals surface area (Å²) >= 11 is 0. The zero-order chi connectivity index (χ0) is 14.3. The maximum Gasteiger partial charge on any atom is 0.0734 e. The monoisotopic (exact) mass is 277 g/mol. The third-order valence-corrected chi connectivity index (χ3v) is 3.63. The number of fused-ring (bicyclic) bond motifs is 1. The van der Waals surface area contributed by atoms with E-state index in [4.69, 9.17) is 0 Å². The van der Waals surface area contributed by atoms with Crippen LogP contribution in [0.15, 0.2) is 61.1 Å². The molecule has 3 nitrogen and oxygen atoms in total. The molecule has 0 aliphatic rings. The second-order valence-corrected chi connectivity index (χ2v) is 5.10. The van der Waals surface area contributed by atoms with E-state index in [0.29, 0.717) is 0 Å². The summed E-state index contributed by atoms with van der Waals surface area (Å²) in [5.74, 6) is 0. The SMILES string of the molecule is c1cnc2c(CCNCCc3ccncc3)cccc2c1. The second kappa shape index (κ2) is 6.95. The van der Waals surface area contributed by atoms with E-state index in [9.17, 15) is 0 Å². The van der Waals surface area contributed by atoms with Gasteiger partial charge in [0.25, 0.3) is 0 Å². The first-order chi connectivity index (χ1) is 10.4. The molecule has 0 fully saturated rings. The standard InChI is InChI=1S/C18H19N3/c1-3-16-5-2-10-21-18(16)17(4-1)9-14-20-13-8-15-6-11-19-12-7-15/h1-7,10-12,20H,8-9,13-14H2. The molecule has 0 atom stereocenters. The molecule has 3 heteroatoms. The van der Waals surface area contributed by atoms with Crippen LogP contribution in [-0.2, 0) is 12.8 Å². The van der Waals surface area contributed by atoms with Crippen molar-refractivity contribution in [2.24, 2.45) is 0 Å². The third kappa shape index (κ3) is 3.64. The second-order valence-electron chi connectivity index (χ2n) is 5.10. The summed E-state index contributed by atoms with van der Waals surface area (Å²) in [5.41, 5.74) is 3.75. The van der Waals surface area contributed by atoms with Gasteiger partial charge < -0.3 is 5.32 Å². The van der Waals surface area contributed by atoms with Gasteiger partial charge in [0.2, 0.25) is 0 Å². The van der Waals surface area contributed by atoms with Gasteiger partial charge in [0.05, 0.1) is 5.52 Å². The fourth-order valence-corrected chi connectivity index (χ4v) is 2.50. The van der Waals surface area contributed by atoms with E-state index in [1.54, 1.807) is 0 Å². The molecule has 21 heavy (non-hydrogen) atoms. The lowest BCUT2D eigenvalue weighted by molar-refractivity contribution is 0.682. The Morgan fingerprint density at radius 2 is 1.62 bits per heavy atom. The molecule has 3 aromatic rings. The summed E-state index contributed by atoms with van der Waals surface area (Å²) in [6, 6.07) is 14.6. The van der Waals surface area contributed by atoms with Gasteiger partial charge >= 0.3 is 0 Å². The highest BCUT2D eigenvalue weighted by atomic mass is 14.8. The Morgan fingerprint density at radius 3 is 2.52 bits per heavy atom. The Bertz CT molecular complexity index is 690. The lowest BCUT2D eigenvalue weighted by atomic mass is 10.1. The van der Waals surface area contributed by atoms with Crippen LogP contribution in [0.2, 0.25) is 0 Å². The highest BCUT2D eigenvalue weighted by Gasteiger charge is 2.01. The maximum atomic E-state index is 4.49. The van der Waals surface area contributed by atoms with Gasteiger partial charge in [-0.2, -0.15) is 0 Å². The minimum Gasteiger partial charge on any atom is -0.316 e. The van der Waals surface area contributed by atoms with Crippen LogP contribution in [-0.4, -0.2) is 23.1 Å². The number of pyridine rings is 2. The largest absolute Gasteiger partial charge is 0.316 e. The highest BCUT2D eigenvalue weighted by Crippen LogP contribution is 2.15. The number of benzene rings is 1. The molecule has 0 amide bonds. The molecule has 1 aromatic carbocycles. The molecule has 0 spiro atoms. The smallest absolute Gasteiger partial charge is 0.0734 e. The summed E-state index contributed by atoms with van der Waals surface area (Å²) in [5, 5.41) is 4.71. The van der Waals surface area contributed by atoms with Crippen molar-refractivity contribution in [3.05, 3.63) is 72.2 Å². The Balaban J connectivity index is 1.51. The molecule has 2 heterocycles. The molecule has 3 rings (SSSR count). The van der Waals surface area contributed by atoms with Gasteiger partial charge in [-0.25, -0.2) is 0 Å². The zero-order valence-corrected chi connectivity index (χ0v) is 12.0. The van der Waals surface area contributed by atoms with Crippen molar-refractivity contribution in [2.75, 3.05) is 13.1 Å². The lowest BCUT2D eigenvalue weighted by Crippen LogP contribution is -2.20. The topological polar surface area (TPSA) is 37.8 Å². The molecule has 1 N–H and O–H groups in total. The first-order valence-electron chi connectivity index (χ1n) is 7.36. The number of rotatable bonds is 6. The summed E-state index contributed by atoms with van der Waals surface area (Å²) in [7, 11) is 0. The van der Waals surface area contributed by atoms with Crippen molar-refractivity contribution >= 4 is 10.9 Å². The van der Waals surface area contributed by atoms with Crippen molar-refractivity contribution < 1.29 is 0 Å². The average Bonchev–Trinajstić information content (AvgIpc) is 2.56. The van der Waals surface area contributed by atoms with Crippen molar-refractivity contribution in [2.45, 2.75) is 12.8 Å². The van der Waals surface area contributed by atoms with Crippen LogP contribution >= 0.6 is 0 Å². The van der Waals surface area contributed by atoms with Crippen LogP contribution in [0.25, 0.3) is 10.9 Å². The van der Waals surface area contributed by atoms with Crippen molar-refractivity contribution in [1.29, 1.82) is 0 Å². The molecule has 0 saturated heterocycles. The molecule has 0 unspecified atom stereocenters. The van der Waals surface area contributed by atoms with Crippen LogP contribution in [0.4, 0.5) is 0 Å². The lowest BCUT2D eigenvalue weighted by Gasteiger charge is -2.07. The van der Waals surface area contributed by atoms with Crippen molar-refractivity contribution in [3.63, 3.8) is 0 Å². The van der Waals surface area contributed by atoms with Crippen LogP contribution in [0.3, 0.4) is 0 Å². The number of hydrogen-bond donors (Lipinski definition) is 1. The highest BCUT2D eigenvalue weighted by molar-refractivity contribution is 5.81. The van der Waals surface area contributed by atoms with Gasteiger partial charge in [0.15, 0.2) is 0 Å². The van der Waals surface area contributed by atoms with E-state index in [2.05, 4.69) is 51.7 Å². The molecule has 106 valence electrons.